The molecule has 2 aromatic carbocycles. The number of thioether (sulfide) groups is 1. The minimum Gasteiger partial charge on any atom is -0.308 e. The lowest BCUT2D eigenvalue weighted by Crippen LogP contribution is -2.34. The van der Waals surface area contributed by atoms with Gasteiger partial charge in [-0.2, -0.15) is 0 Å². The summed E-state index contributed by atoms with van der Waals surface area (Å²) in [6, 6.07) is 13.1. The Labute approximate surface area is 147 Å². The molecule has 0 spiro atoms. The van der Waals surface area contributed by atoms with Crippen molar-refractivity contribution in [2.75, 3.05) is 17.6 Å². The fourth-order valence-corrected chi connectivity index (χ4v) is 3.94. The van der Waals surface area contributed by atoms with Crippen molar-refractivity contribution in [3.05, 3.63) is 69.2 Å². The van der Waals surface area contributed by atoms with Crippen LogP contribution in [-0.4, -0.2) is 28.2 Å². The van der Waals surface area contributed by atoms with Crippen molar-refractivity contribution in [1.29, 1.82) is 0 Å². The summed E-state index contributed by atoms with van der Waals surface area (Å²) >= 11 is 7.51. The van der Waals surface area contributed by atoms with E-state index in [2.05, 4.69) is 5.32 Å². The number of hydrogen-bond donors (Lipinski definition) is 1. The molecular formula is C16H14ClN3O3S. The van der Waals surface area contributed by atoms with Crippen molar-refractivity contribution in [3.63, 3.8) is 0 Å². The highest BCUT2D eigenvalue weighted by Crippen LogP contribution is 2.39. The number of carbonyl (C=O) groups is 1. The van der Waals surface area contributed by atoms with E-state index in [0.29, 0.717) is 17.3 Å². The van der Waals surface area contributed by atoms with Gasteiger partial charge in [0.05, 0.1) is 4.92 Å². The molecule has 8 heteroatoms. The summed E-state index contributed by atoms with van der Waals surface area (Å²) in [6.45, 7) is 0.574. The smallest absolute Gasteiger partial charge is 0.308 e. The number of halogens is 1. The molecular weight excluding hydrogens is 350 g/mol. The second kappa shape index (κ2) is 7.11. The molecule has 0 bridgehead atoms. The van der Waals surface area contributed by atoms with Crippen LogP contribution in [0, 0.1) is 10.1 Å². The molecule has 3 rings (SSSR count). The van der Waals surface area contributed by atoms with Crippen LogP contribution in [0.5, 0.6) is 0 Å². The number of nitrogens with zero attached hydrogens (tertiary/aromatic N) is 2. The number of non-ortho nitro benzene ring substituents is 1. The summed E-state index contributed by atoms with van der Waals surface area (Å²) in [5.41, 5.74) is 1.38. The SMILES string of the molecule is O=C(Nc1cccc(Cl)c1)N1CCSC1c1cccc([N+](=O)[O-])c1. The maximum Gasteiger partial charge on any atom is 0.323 e. The minimum atomic E-state index is -0.431. The highest BCUT2D eigenvalue weighted by Gasteiger charge is 2.31. The summed E-state index contributed by atoms with van der Waals surface area (Å²) in [4.78, 5) is 24.7. The first-order valence-electron chi connectivity index (χ1n) is 7.24. The monoisotopic (exact) mass is 363 g/mol. The summed E-state index contributed by atoms with van der Waals surface area (Å²) in [5, 5.41) is 14.1. The largest absolute Gasteiger partial charge is 0.323 e. The van der Waals surface area contributed by atoms with Crippen LogP contribution in [0.3, 0.4) is 0 Å². The summed E-state index contributed by atoms with van der Waals surface area (Å²) in [7, 11) is 0. The van der Waals surface area contributed by atoms with Crippen LogP contribution in [0.25, 0.3) is 0 Å². The van der Waals surface area contributed by atoms with Gasteiger partial charge in [-0.3, -0.25) is 10.1 Å². The summed E-state index contributed by atoms with van der Waals surface area (Å²) in [5.74, 6) is 0.774. The number of carbonyl (C=O) groups excluding carboxylic acids is 1. The number of benzene rings is 2. The average Bonchev–Trinajstić information content (AvgIpc) is 3.04. The Bertz CT molecular complexity index is 787. The van der Waals surface area contributed by atoms with Gasteiger partial charge < -0.3 is 10.2 Å². The average molecular weight is 364 g/mol. The van der Waals surface area contributed by atoms with Crippen LogP contribution in [0.15, 0.2) is 48.5 Å². The Kier molecular flexibility index (Phi) is 4.92. The molecule has 1 aliphatic heterocycles. The van der Waals surface area contributed by atoms with Crippen LogP contribution in [0.4, 0.5) is 16.2 Å². The highest BCUT2D eigenvalue weighted by atomic mass is 35.5. The van der Waals surface area contributed by atoms with E-state index in [-0.39, 0.29) is 17.1 Å². The number of urea groups is 1. The second-order valence-corrected chi connectivity index (χ2v) is 6.83. The molecule has 1 heterocycles. The van der Waals surface area contributed by atoms with Gasteiger partial charge in [0.1, 0.15) is 5.37 Å². The number of amides is 2. The number of rotatable bonds is 3. The lowest BCUT2D eigenvalue weighted by Gasteiger charge is -2.24. The molecule has 0 radical (unpaired) electrons. The summed E-state index contributed by atoms with van der Waals surface area (Å²) < 4.78 is 0. The van der Waals surface area contributed by atoms with Gasteiger partial charge in [0.25, 0.3) is 5.69 Å². The molecule has 1 aliphatic rings. The second-order valence-electron chi connectivity index (χ2n) is 5.21. The molecule has 2 amide bonds. The van der Waals surface area contributed by atoms with Crippen LogP contribution in [0.1, 0.15) is 10.9 Å². The topological polar surface area (TPSA) is 75.5 Å². The van der Waals surface area contributed by atoms with Crippen molar-refractivity contribution in [3.8, 4) is 0 Å². The standard InChI is InChI=1S/C16H14ClN3O3S/c17-12-4-2-5-13(10-12)18-16(21)19-7-8-24-15(19)11-3-1-6-14(9-11)20(22)23/h1-6,9-10,15H,7-8H2,(H,18,21). The maximum absolute atomic E-state index is 12.6. The molecule has 1 fully saturated rings. The number of nitro benzene ring substituents is 1. The molecule has 0 saturated carbocycles. The zero-order valence-electron chi connectivity index (χ0n) is 12.5. The number of hydrogen-bond acceptors (Lipinski definition) is 4. The van der Waals surface area contributed by atoms with E-state index in [4.69, 9.17) is 11.6 Å². The predicted octanol–water partition coefficient (Wildman–Crippen LogP) is 4.53. The fraction of sp³-hybridized carbons (Fsp3) is 0.188. The molecule has 0 aliphatic carbocycles. The zero-order valence-corrected chi connectivity index (χ0v) is 14.1. The van der Waals surface area contributed by atoms with E-state index in [1.165, 1.54) is 12.1 Å². The first-order valence-corrected chi connectivity index (χ1v) is 8.66. The first-order chi connectivity index (χ1) is 11.5. The summed E-state index contributed by atoms with van der Waals surface area (Å²) in [6.07, 6.45) is 0. The molecule has 1 atom stereocenters. The van der Waals surface area contributed by atoms with Crippen molar-refractivity contribution in [1.82, 2.24) is 4.90 Å². The Morgan fingerprint density at radius 1 is 1.29 bits per heavy atom. The van der Waals surface area contributed by atoms with Gasteiger partial charge in [0, 0.05) is 35.1 Å². The molecule has 1 saturated heterocycles. The van der Waals surface area contributed by atoms with Crippen molar-refractivity contribution >= 4 is 40.8 Å². The van der Waals surface area contributed by atoms with E-state index >= 15 is 0 Å². The molecule has 24 heavy (non-hydrogen) atoms. The van der Waals surface area contributed by atoms with Crippen LogP contribution in [0.2, 0.25) is 5.02 Å². The Hall–Kier alpha value is -2.25. The number of nitrogens with one attached hydrogen (secondary N) is 1. The zero-order chi connectivity index (χ0) is 17.1. The lowest BCUT2D eigenvalue weighted by molar-refractivity contribution is -0.384. The van der Waals surface area contributed by atoms with Gasteiger partial charge >= 0.3 is 6.03 Å². The third kappa shape index (κ3) is 3.63. The van der Waals surface area contributed by atoms with Gasteiger partial charge in [0.2, 0.25) is 0 Å². The number of anilines is 1. The van der Waals surface area contributed by atoms with Gasteiger partial charge in [0.15, 0.2) is 0 Å². The molecule has 124 valence electrons. The molecule has 0 aromatic heterocycles. The van der Waals surface area contributed by atoms with Crippen LogP contribution >= 0.6 is 23.4 Å². The van der Waals surface area contributed by atoms with E-state index in [1.54, 1.807) is 53.1 Å². The van der Waals surface area contributed by atoms with Crippen molar-refractivity contribution < 1.29 is 9.72 Å². The Balaban J connectivity index is 1.79. The first kappa shape index (κ1) is 16.6. The van der Waals surface area contributed by atoms with E-state index in [1.807, 2.05) is 0 Å². The van der Waals surface area contributed by atoms with Gasteiger partial charge in [-0.1, -0.05) is 29.8 Å². The quantitative estimate of drug-likeness (QED) is 0.642. The lowest BCUT2D eigenvalue weighted by atomic mass is 10.2. The Morgan fingerprint density at radius 2 is 2.08 bits per heavy atom. The Morgan fingerprint density at radius 3 is 2.83 bits per heavy atom. The third-order valence-electron chi connectivity index (χ3n) is 3.59. The maximum atomic E-state index is 12.6. The van der Waals surface area contributed by atoms with Crippen LogP contribution < -0.4 is 5.32 Å². The van der Waals surface area contributed by atoms with Crippen LogP contribution in [-0.2, 0) is 0 Å². The highest BCUT2D eigenvalue weighted by molar-refractivity contribution is 7.99. The molecule has 2 aromatic rings. The van der Waals surface area contributed by atoms with Gasteiger partial charge in [-0.25, -0.2) is 4.79 Å². The normalized spacial score (nSPS) is 16.9. The predicted molar refractivity (Wildman–Crippen MR) is 95.5 cm³/mol. The van der Waals surface area contributed by atoms with E-state index in [9.17, 15) is 14.9 Å². The van der Waals surface area contributed by atoms with Gasteiger partial charge in [-0.05, 0) is 23.8 Å². The molecule has 6 nitrogen and oxygen atoms in total. The van der Waals surface area contributed by atoms with E-state index in [0.717, 1.165) is 11.3 Å². The molecule has 1 N–H and O–H groups in total. The molecule has 1 unspecified atom stereocenters. The fourth-order valence-electron chi connectivity index (χ4n) is 2.51. The van der Waals surface area contributed by atoms with E-state index < -0.39 is 4.92 Å². The minimum absolute atomic E-state index is 0.0233. The third-order valence-corrected chi connectivity index (χ3v) is 5.09. The van der Waals surface area contributed by atoms with Gasteiger partial charge in [-0.15, -0.1) is 11.8 Å². The van der Waals surface area contributed by atoms with Crippen molar-refractivity contribution in [2.24, 2.45) is 0 Å². The number of nitro groups is 1. The van der Waals surface area contributed by atoms with Crippen molar-refractivity contribution in [2.45, 2.75) is 5.37 Å².